The molecule has 1 N–H and O–H groups in total. The molecule has 0 spiro atoms. The van der Waals surface area contributed by atoms with Gasteiger partial charge in [0.05, 0.1) is 16.9 Å². The predicted octanol–water partition coefficient (Wildman–Crippen LogP) is 2.96. The van der Waals surface area contributed by atoms with Crippen molar-refractivity contribution in [3.05, 3.63) is 59.7 Å². The summed E-state index contributed by atoms with van der Waals surface area (Å²) in [6.07, 6.45) is 0.283. The fraction of sp³-hybridized carbons (Fsp3) is 0.167. The van der Waals surface area contributed by atoms with Crippen molar-refractivity contribution in [2.24, 2.45) is 0 Å². The monoisotopic (exact) mass is 364 g/mol. The fourth-order valence-electron chi connectivity index (χ4n) is 2.33. The fourth-order valence-corrected chi connectivity index (χ4v) is 3.16. The molecule has 0 atom stereocenters. The van der Waals surface area contributed by atoms with Gasteiger partial charge in [-0.2, -0.15) is 9.94 Å². The minimum atomic E-state index is -0.158. The quantitative estimate of drug-likeness (QED) is 0.676. The average molecular weight is 364 g/mol. The molecule has 1 aromatic heterocycles. The van der Waals surface area contributed by atoms with Gasteiger partial charge in [-0.25, -0.2) is 0 Å². The van der Waals surface area contributed by atoms with Gasteiger partial charge in [-0.1, -0.05) is 36.0 Å². The van der Waals surface area contributed by atoms with Crippen molar-refractivity contribution in [3.63, 3.8) is 0 Å². The van der Waals surface area contributed by atoms with E-state index in [0.717, 1.165) is 11.3 Å². The Balaban J connectivity index is 1.58. The van der Waals surface area contributed by atoms with E-state index in [1.165, 1.54) is 11.8 Å². The summed E-state index contributed by atoms with van der Waals surface area (Å²) >= 11 is 1.40. The van der Waals surface area contributed by atoms with Crippen LogP contribution in [0.1, 0.15) is 17.5 Å². The summed E-state index contributed by atoms with van der Waals surface area (Å²) in [6.45, 7) is 2.00. The number of para-hydroxylation sites is 1. The number of aromatic nitrogens is 4. The van der Waals surface area contributed by atoms with Crippen LogP contribution >= 0.6 is 11.8 Å². The maximum atomic E-state index is 12.1. The van der Waals surface area contributed by atoms with Gasteiger partial charge in [0, 0.05) is 12.2 Å². The van der Waals surface area contributed by atoms with Crippen LogP contribution in [0.5, 0.6) is 0 Å². The molecule has 0 unspecified atom stereocenters. The Morgan fingerprint density at radius 3 is 2.92 bits per heavy atom. The van der Waals surface area contributed by atoms with Gasteiger partial charge in [0.15, 0.2) is 0 Å². The van der Waals surface area contributed by atoms with Gasteiger partial charge >= 0.3 is 0 Å². The van der Waals surface area contributed by atoms with Crippen LogP contribution in [-0.2, 0) is 4.79 Å². The van der Waals surface area contributed by atoms with Crippen LogP contribution in [-0.4, -0.2) is 31.9 Å². The van der Waals surface area contributed by atoms with Crippen LogP contribution in [0.15, 0.2) is 53.7 Å². The SMILES string of the molecule is Cc1cccc(-n2nnnc2SCCC(=O)Nc2ccccc2C#N)c1. The number of amides is 1. The molecule has 3 aromatic rings. The number of nitrogens with one attached hydrogen (secondary N) is 1. The number of hydrogen-bond acceptors (Lipinski definition) is 6. The average Bonchev–Trinajstić information content (AvgIpc) is 3.11. The zero-order valence-corrected chi connectivity index (χ0v) is 14.9. The molecular weight excluding hydrogens is 348 g/mol. The number of carbonyl (C=O) groups excluding carboxylic acids is 1. The summed E-state index contributed by atoms with van der Waals surface area (Å²) < 4.78 is 1.65. The normalized spacial score (nSPS) is 10.3. The highest BCUT2D eigenvalue weighted by Crippen LogP contribution is 2.20. The van der Waals surface area contributed by atoms with Crippen molar-refractivity contribution in [2.45, 2.75) is 18.5 Å². The standard InChI is InChI=1S/C18H16N6OS/c1-13-5-4-7-15(11-13)24-18(21-22-23-24)26-10-9-17(25)20-16-8-3-2-6-14(16)12-19/h2-8,11H,9-10H2,1H3,(H,20,25). The van der Waals surface area contributed by atoms with E-state index < -0.39 is 0 Å². The molecule has 2 aromatic carbocycles. The van der Waals surface area contributed by atoms with Gasteiger partial charge in [0.25, 0.3) is 0 Å². The van der Waals surface area contributed by atoms with Gasteiger partial charge in [-0.15, -0.1) is 5.10 Å². The van der Waals surface area contributed by atoms with E-state index in [1.807, 2.05) is 31.2 Å². The molecule has 1 heterocycles. The predicted molar refractivity (Wildman–Crippen MR) is 99.0 cm³/mol. The van der Waals surface area contributed by atoms with E-state index in [2.05, 4.69) is 26.9 Å². The van der Waals surface area contributed by atoms with E-state index in [-0.39, 0.29) is 12.3 Å². The van der Waals surface area contributed by atoms with Crippen LogP contribution in [0.2, 0.25) is 0 Å². The zero-order chi connectivity index (χ0) is 18.4. The van der Waals surface area contributed by atoms with Crippen LogP contribution in [0.25, 0.3) is 5.69 Å². The Morgan fingerprint density at radius 1 is 1.27 bits per heavy atom. The first-order chi connectivity index (χ1) is 12.7. The molecule has 1 amide bonds. The number of benzene rings is 2. The van der Waals surface area contributed by atoms with Crippen molar-refractivity contribution in [2.75, 3.05) is 11.1 Å². The number of tetrazole rings is 1. The molecule has 7 nitrogen and oxygen atoms in total. The maximum absolute atomic E-state index is 12.1. The van der Waals surface area contributed by atoms with Crippen molar-refractivity contribution in [3.8, 4) is 11.8 Å². The number of anilines is 1. The molecule has 0 radical (unpaired) electrons. The maximum Gasteiger partial charge on any atom is 0.225 e. The van der Waals surface area contributed by atoms with E-state index in [0.29, 0.717) is 22.2 Å². The summed E-state index contributed by atoms with van der Waals surface area (Å²) in [7, 11) is 0. The number of aryl methyl sites for hydroxylation is 1. The molecule has 0 fully saturated rings. The van der Waals surface area contributed by atoms with Crippen LogP contribution in [0, 0.1) is 18.3 Å². The third-order valence-corrected chi connectivity index (χ3v) is 4.49. The summed E-state index contributed by atoms with van der Waals surface area (Å²) in [4.78, 5) is 12.1. The smallest absolute Gasteiger partial charge is 0.225 e. The highest BCUT2D eigenvalue weighted by atomic mass is 32.2. The third-order valence-electron chi connectivity index (χ3n) is 3.57. The summed E-state index contributed by atoms with van der Waals surface area (Å²) in [5, 5.41) is 24.2. The number of nitrogens with zero attached hydrogens (tertiary/aromatic N) is 5. The lowest BCUT2D eigenvalue weighted by Gasteiger charge is -2.07. The van der Waals surface area contributed by atoms with Gasteiger partial charge in [0.1, 0.15) is 6.07 Å². The highest BCUT2D eigenvalue weighted by molar-refractivity contribution is 7.99. The number of nitriles is 1. The minimum Gasteiger partial charge on any atom is -0.325 e. The molecule has 0 bridgehead atoms. The lowest BCUT2D eigenvalue weighted by Crippen LogP contribution is -2.13. The second-order valence-electron chi connectivity index (χ2n) is 5.52. The lowest BCUT2D eigenvalue weighted by atomic mass is 10.2. The molecule has 26 heavy (non-hydrogen) atoms. The number of rotatable bonds is 6. The summed E-state index contributed by atoms with van der Waals surface area (Å²) in [5.74, 6) is 0.363. The van der Waals surface area contributed by atoms with Crippen molar-refractivity contribution < 1.29 is 4.79 Å². The second-order valence-corrected chi connectivity index (χ2v) is 6.58. The molecule has 0 saturated carbocycles. The molecule has 0 aliphatic rings. The molecular formula is C18H16N6OS. The first-order valence-corrected chi connectivity index (χ1v) is 8.93. The van der Waals surface area contributed by atoms with Gasteiger partial charge < -0.3 is 5.32 Å². The topological polar surface area (TPSA) is 96.5 Å². The number of hydrogen-bond donors (Lipinski definition) is 1. The van der Waals surface area contributed by atoms with Crippen molar-refractivity contribution >= 4 is 23.4 Å². The summed E-state index contributed by atoms with van der Waals surface area (Å²) in [5.41, 5.74) is 2.96. The van der Waals surface area contributed by atoms with Crippen molar-refractivity contribution in [1.29, 1.82) is 5.26 Å². The van der Waals surface area contributed by atoms with E-state index in [1.54, 1.807) is 28.9 Å². The first kappa shape index (κ1) is 17.6. The first-order valence-electron chi connectivity index (χ1n) is 7.94. The van der Waals surface area contributed by atoms with E-state index in [4.69, 9.17) is 5.26 Å². The Bertz CT molecular complexity index is 962. The minimum absolute atomic E-state index is 0.158. The molecule has 8 heteroatoms. The van der Waals surface area contributed by atoms with Gasteiger partial charge in [-0.05, 0) is 47.2 Å². The Labute approximate surface area is 155 Å². The molecule has 0 saturated heterocycles. The van der Waals surface area contributed by atoms with Gasteiger partial charge in [-0.3, -0.25) is 4.79 Å². The van der Waals surface area contributed by atoms with Crippen molar-refractivity contribution in [1.82, 2.24) is 20.2 Å². The highest BCUT2D eigenvalue weighted by Gasteiger charge is 2.11. The molecule has 0 aliphatic carbocycles. The lowest BCUT2D eigenvalue weighted by molar-refractivity contribution is -0.115. The zero-order valence-electron chi connectivity index (χ0n) is 14.1. The Hall–Kier alpha value is -3.18. The second kappa shape index (κ2) is 8.27. The summed E-state index contributed by atoms with van der Waals surface area (Å²) in [6, 6.07) is 16.8. The third kappa shape index (κ3) is 4.26. The molecule has 0 aliphatic heterocycles. The van der Waals surface area contributed by atoms with Crippen LogP contribution in [0.4, 0.5) is 5.69 Å². The molecule has 130 valence electrons. The number of thioether (sulfide) groups is 1. The number of carbonyl (C=O) groups is 1. The van der Waals surface area contributed by atoms with E-state index >= 15 is 0 Å². The Kier molecular flexibility index (Phi) is 5.61. The van der Waals surface area contributed by atoms with Crippen LogP contribution < -0.4 is 5.32 Å². The van der Waals surface area contributed by atoms with Crippen LogP contribution in [0.3, 0.4) is 0 Å². The molecule has 3 rings (SSSR count). The largest absolute Gasteiger partial charge is 0.325 e. The Morgan fingerprint density at radius 2 is 2.12 bits per heavy atom. The van der Waals surface area contributed by atoms with Gasteiger partial charge in [0.2, 0.25) is 11.1 Å². The van der Waals surface area contributed by atoms with E-state index in [9.17, 15) is 4.79 Å².